The topological polar surface area (TPSA) is 68.5 Å². The molecule has 0 unspecified atom stereocenters. The Bertz CT molecular complexity index is 755. The number of carbonyl (C=O) groups excluding carboxylic acids is 1. The van der Waals surface area contributed by atoms with Gasteiger partial charge in [0.1, 0.15) is 11.5 Å². The van der Waals surface area contributed by atoms with E-state index in [0.29, 0.717) is 36.0 Å². The summed E-state index contributed by atoms with van der Waals surface area (Å²) in [4.78, 5) is 23.0. The first-order chi connectivity index (χ1) is 11.7. The van der Waals surface area contributed by atoms with Gasteiger partial charge in [0, 0.05) is 44.5 Å². The molecular formula is C17H18ClN3O3. The number of aromatic nitrogens is 2. The molecule has 1 fully saturated rings. The molecule has 0 spiro atoms. The summed E-state index contributed by atoms with van der Waals surface area (Å²) in [7, 11) is 0. The lowest BCUT2D eigenvalue weighted by molar-refractivity contribution is 0.0725. The number of carbonyl (C=O) groups is 1. The van der Waals surface area contributed by atoms with Crippen molar-refractivity contribution in [2.75, 3.05) is 19.8 Å². The maximum atomic E-state index is 12.6. The third-order valence-corrected chi connectivity index (χ3v) is 4.76. The number of rotatable bonds is 2. The van der Waals surface area contributed by atoms with E-state index in [9.17, 15) is 4.79 Å². The molecule has 0 bridgehead atoms. The Kier molecular flexibility index (Phi) is 4.24. The van der Waals surface area contributed by atoms with Crippen LogP contribution in [-0.2, 0) is 17.7 Å². The van der Waals surface area contributed by atoms with Crippen LogP contribution in [0.3, 0.4) is 0 Å². The predicted octanol–water partition coefficient (Wildman–Crippen LogP) is 2.82. The monoisotopic (exact) mass is 347 g/mol. The Morgan fingerprint density at radius 2 is 2.12 bits per heavy atom. The van der Waals surface area contributed by atoms with E-state index in [2.05, 4.69) is 9.97 Å². The largest absolute Gasteiger partial charge is 0.445 e. The summed E-state index contributed by atoms with van der Waals surface area (Å²) in [6, 6.07) is 1.64. The van der Waals surface area contributed by atoms with Gasteiger partial charge in [-0.1, -0.05) is 11.6 Å². The minimum absolute atomic E-state index is 0.0775. The van der Waals surface area contributed by atoms with Gasteiger partial charge >= 0.3 is 0 Å². The van der Waals surface area contributed by atoms with Crippen LogP contribution in [0.5, 0.6) is 0 Å². The molecule has 1 amide bonds. The molecule has 0 aromatic carbocycles. The average Bonchev–Trinajstić information content (AvgIpc) is 3.05. The van der Waals surface area contributed by atoms with Crippen molar-refractivity contribution in [2.24, 2.45) is 0 Å². The van der Waals surface area contributed by atoms with Crippen LogP contribution in [0.25, 0.3) is 0 Å². The lowest BCUT2D eigenvalue weighted by Gasteiger charge is -2.25. The van der Waals surface area contributed by atoms with Crippen LogP contribution < -0.4 is 0 Å². The summed E-state index contributed by atoms with van der Waals surface area (Å²) in [6.07, 6.45) is 5.63. The van der Waals surface area contributed by atoms with Crippen molar-refractivity contribution in [3.05, 3.63) is 46.4 Å². The van der Waals surface area contributed by atoms with Gasteiger partial charge in [-0.2, -0.15) is 0 Å². The zero-order valence-corrected chi connectivity index (χ0v) is 14.0. The fraction of sp³-hybridized carbons (Fsp3) is 0.471. The first-order valence-corrected chi connectivity index (χ1v) is 8.54. The van der Waals surface area contributed by atoms with Crippen molar-refractivity contribution >= 4 is 17.5 Å². The molecule has 126 valence electrons. The third-order valence-electron chi connectivity index (χ3n) is 4.55. The van der Waals surface area contributed by atoms with Gasteiger partial charge in [0.25, 0.3) is 5.91 Å². The Hall–Kier alpha value is -1.92. The van der Waals surface area contributed by atoms with E-state index < -0.39 is 0 Å². The molecule has 4 heterocycles. The van der Waals surface area contributed by atoms with Crippen LogP contribution >= 0.6 is 11.6 Å². The van der Waals surface area contributed by atoms with Crippen molar-refractivity contribution < 1.29 is 13.9 Å². The smallest absolute Gasteiger partial charge is 0.255 e. The SMILES string of the molecule is O=C(c1cncc(Cl)c1)N1CCc2oc(C3CCOCC3)nc2C1. The molecule has 0 saturated carbocycles. The second-order valence-corrected chi connectivity index (χ2v) is 6.61. The Balaban J connectivity index is 1.51. The summed E-state index contributed by atoms with van der Waals surface area (Å²) in [5.41, 5.74) is 1.37. The highest BCUT2D eigenvalue weighted by molar-refractivity contribution is 6.30. The number of oxazole rings is 1. The summed E-state index contributed by atoms with van der Waals surface area (Å²) >= 11 is 5.93. The van der Waals surface area contributed by atoms with E-state index in [0.717, 1.165) is 43.4 Å². The van der Waals surface area contributed by atoms with Crippen LogP contribution in [0.4, 0.5) is 0 Å². The molecule has 6 nitrogen and oxygen atoms in total. The van der Waals surface area contributed by atoms with Gasteiger partial charge in [-0.3, -0.25) is 9.78 Å². The van der Waals surface area contributed by atoms with E-state index in [-0.39, 0.29) is 5.91 Å². The fourth-order valence-corrected chi connectivity index (χ4v) is 3.40. The molecule has 4 rings (SSSR count). The molecule has 2 aliphatic rings. The Morgan fingerprint density at radius 3 is 2.92 bits per heavy atom. The van der Waals surface area contributed by atoms with Gasteiger partial charge in [0.05, 0.1) is 17.1 Å². The van der Waals surface area contributed by atoms with Crippen LogP contribution in [0.1, 0.15) is 46.5 Å². The number of nitrogens with zero attached hydrogens (tertiary/aromatic N) is 3. The normalized spacial score (nSPS) is 18.5. The van der Waals surface area contributed by atoms with E-state index in [1.165, 1.54) is 6.20 Å². The van der Waals surface area contributed by atoms with Gasteiger partial charge < -0.3 is 14.1 Å². The molecule has 7 heteroatoms. The van der Waals surface area contributed by atoms with Gasteiger partial charge in [0.15, 0.2) is 5.89 Å². The second-order valence-electron chi connectivity index (χ2n) is 6.18. The van der Waals surface area contributed by atoms with Gasteiger partial charge in [0.2, 0.25) is 0 Å². The number of pyridine rings is 1. The zero-order valence-electron chi connectivity index (χ0n) is 13.2. The standard InChI is InChI=1S/C17H18ClN3O3/c18-13-7-12(8-19-9-13)17(22)21-4-1-15-14(10-21)20-16(24-15)11-2-5-23-6-3-11/h7-9,11H,1-6,10H2. The first kappa shape index (κ1) is 15.6. The zero-order chi connectivity index (χ0) is 16.5. The molecule has 0 aliphatic carbocycles. The highest BCUT2D eigenvalue weighted by Crippen LogP contribution is 2.30. The van der Waals surface area contributed by atoms with E-state index >= 15 is 0 Å². The second kappa shape index (κ2) is 6.53. The molecule has 2 aromatic heterocycles. The summed E-state index contributed by atoms with van der Waals surface area (Å²) in [5, 5.41) is 0.460. The molecule has 0 N–H and O–H groups in total. The van der Waals surface area contributed by atoms with Crippen LogP contribution in [0, 0.1) is 0 Å². The number of fused-ring (bicyclic) bond motifs is 1. The Labute approximate surface area is 144 Å². The van der Waals surface area contributed by atoms with Crippen molar-refractivity contribution in [3.63, 3.8) is 0 Å². The molecule has 2 aliphatic heterocycles. The van der Waals surface area contributed by atoms with Crippen molar-refractivity contribution in [1.82, 2.24) is 14.9 Å². The maximum absolute atomic E-state index is 12.6. The third kappa shape index (κ3) is 3.03. The van der Waals surface area contributed by atoms with E-state index in [1.807, 2.05) is 0 Å². The van der Waals surface area contributed by atoms with Gasteiger partial charge in [-0.05, 0) is 18.9 Å². The van der Waals surface area contributed by atoms with Crippen LogP contribution in [0.15, 0.2) is 22.9 Å². The molecular weight excluding hydrogens is 330 g/mol. The lowest BCUT2D eigenvalue weighted by atomic mass is 10.0. The van der Waals surface area contributed by atoms with E-state index in [1.54, 1.807) is 17.2 Å². The highest BCUT2D eigenvalue weighted by atomic mass is 35.5. The van der Waals surface area contributed by atoms with Crippen LogP contribution in [0.2, 0.25) is 5.02 Å². The quantitative estimate of drug-likeness (QED) is 0.835. The number of hydrogen-bond donors (Lipinski definition) is 0. The van der Waals surface area contributed by atoms with Gasteiger partial charge in [-0.15, -0.1) is 0 Å². The summed E-state index contributed by atoms with van der Waals surface area (Å²) in [5.74, 6) is 1.95. The van der Waals surface area contributed by atoms with Crippen molar-refractivity contribution in [1.29, 1.82) is 0 Å². The molecule has 1 saturated heterocycles. The average molecular weight is 348 g/mol. The Morgan fingerprint density at radius 1 is 1.29 bits per heavy atom. The first-order valence-electron chi connectivity index (χ1n) is 8.17. The van der Waals surface area contributed by atoms with Crippen LogP contribution in [-0.4, -0.2) is 40.5 Å². The van der Waals surface area contributed by atoms with Crippen molar-refractivity contribution in [3.8, 4) is 0 Å². The predicted molar refractivity (Wildman–Crippen MR) is 87.0 cm³/mol. The van der Waals surface area contributed by atoms with Crippen molar-refractivity contribution in [2.45, 2.75) is 31.7 Å². The number of ether oxygens (including phenoxy) is 1. The maximum Gasteiger partial charge on any atom is 0.255 e. The number of halogens is 1. The lowest BCUT2D eigenvalue weighted by Crippen LogP contribution is -2.35. The van der Waals surface area contributed by atoms with E-state index in [4.69, 9.17) is 20.8 Å². The highest BCUT2D eigenvalue weighted by Gasteiger charge is 2.29. The molecule has 0 radical (unpaired) electrons. The minimum Gasteiger partial charge on any atom is -0.445 e. The van der Waals surface area contributed by atoms with Gasteiger partial charge in [-0.25, -0.2) is 4.98 Å². The molecule has 2 aromatic rings. The molecule has 0 atom stereocenters. The fourth-order valence-electron chi connectivity index (χ4n) is 3.22. The summed E-state index contributed by atoms with van der Waals surface area (Å²) in [6.45, 7) is 2.59. The molecule has 24 heavy (non-hydrogen) atoms. The number of amides is 1. The minimum atomic E-state index is -0.0775. The summed E-state index contributed by atoms with van der Waals surface area (Å²) < 4.78 is 11.4. The number of hydrogen-bond acceptors (Lipinski definition) is 5.